The van der Waals surface area contributed by atoms with Crippen LogP contribution in [0.1, 0.15) is 26.3 Å². The molecule has 1 amide bonds. The summed E-state index contributed by atoms with van der Waals surface area (Å²) in [6.07, 6.45) is 0. The average Bonchev–Trinajstić information content (AvgIpc) is 2.48. The summed E-state index contributed by atoms with van der Waals surface area (Å²) in [5.41, 5.74) is 6.75. The number of rotatable bonds is 5. The van der Waals surface area contributed by atoms with Crippen molar-refractivity contribution < 1.29 is 19.1 Å². The van der Waals surface area contributed by atoms with Gasteiger partial charge in [-0.05, 0) is 35.9 Å². The Morgan fingerprint density at radius 1 is 1.05 bits per heavy atom. The minimum Gasteiger partial charge on any atom is -0.423 e. The molecule has 21 heavy (non-hydrogen) atoms. The molecule has 0 spiro atoms. The summed E-state index contributed by atoms with van der Waals surface area (Å²) < 4.78 is 10.3. The van der Waals surface area contributed by atoms with E-state index >= 15 is 0 Å². The number of carbonyl (C=O) groups excluding carboxylic acids is 2. The second-order valence-electron chi connectivity index (χ2n) is 4.41. The predicted octanol–water partition coefficient (Wildman–Crippen LogP) is 2.15. The molecule has 0 aromatic heterocycles. The summed E-state index contributed by atoms with van der Waals surface area (Å²) in [5.74, 6) is -0.807. The molecule has 0 fully saturated rings. The Hall–Kier alpha value is -2.66. The third kappa shape index (κ3) is 3.90. The SMILES string of the molecule is COCc1cccc(C(=O)Oc2cccc(C(N)=O)c2)c1. The smallest absolute Gasteiger partial charge is 0.343 e. The zero-order chi connectivity index (χ0) is 15.2. The summed E-state index contributed by atoms with van der Waals surface area (Å²) in [5, 5.41) is 0. The van der Waals surface area contributed by atoms with Crippen LogP contribution in [-0.4, -0.2) is 19.0 Å². The number of nitrogens with two attached hydrogens (primary N) is 1. The van der Waals surface area contributed by atoms with Crippen molar-refractivity contribution in [1.82, 2.24) is 0 Å². The predicted molar refractivity (Wildman–Crippen MR) is 77.1 cm³/mol. The summed E-state index contributed by atoms with van der Waals surface area (Å²) in [7, 11) is 1.58. The third-order valence-electron chi connectivity index (χ3n) is 2.80. The van der Waals surface area contributed by atoms with Crippen LogP contribution < -0.4 is 10.5 Å². The van der Waals surface area contributed by atoms with Gasteiger partial charge < -0.3 is 15.2 Å². The molecule has 108 valence electrons. The highest BCUT2D eigenvalue weighted by Crippen LogP contribution is 2.16. The molecule has 0 aliphatic rings. The molecule has 0 saturated carbocycles. The fraction of sp³-hybridized carbons (Fsp3) is 0.125. The van der Waals surface area contributed by atoms with Gasteiger partial charge in [-0.25, -0.2) is 4.79 Å². The van der Waals surface area contributed by atoms with Crippen molar-refractivity contribution in [3.8, 4) is 5.75 Å². The Labute approximate surface area is 122 Å². The van der Waals surface area contributed by atoms with Crippen LogP contribution in [0.4, 0.5) is 0 Å². The number of methoxy groups -OCH3 is 1. The van der Waals surface area contributed by atoms with Gasteiger partial charge in [0.15, 0.2) is 0 Å². The number of primary amides is 1. The lowest BCUT2D eigenvalue weighted by molar-refractivity contribution is 0.0733. The molecule has 0 aliphatic heterocycles. The van der Waals surface area contributed by atoms with Crippen LogP contribution in [0.2, 0.25) is 0 Å². The lowest BCUT2D eigenvalue weighted by Crippen LogP contribution is -2.12. The lowest BCUT2D eigenvalue weighted by atomic mass is 10.1. The molecule has 5 heteroatoms. The topological polar surface area (TPSA) is 78.6 Å². The van der Waals surface area contributed by atoms with Crippen molar-refractivity contribution >= 4 is 11.9 Å². The van der Waals surface area contributed by atoms with E-state index in [1.165, 1.54) is 6.07 Å². The number of benzene rings is 2. The van der Waals surface area contributed by atoms with Gasteiger partial charge in [0, 0.05) is 12.7 Å². The molecule has 0 heterocycles. The minimum absolute atomic E-state index is 0.272. The van der Waals surface area contributed by atoms with Gasteiger partial charge in [0.25, 0.3) is 0 Å². The van der Waals surface area contributed by atoms with Crippen LogP contribution in [0.5, 0.6) is 5.75 Å². The normalized spacial score (nSPS) is 10.1. The van der Waals surface area contributed by atoms with Gasteiger partial charge in [-0.3, -0.25) is 4.79 Å². The molecule has 0 saturated heterocycles. The maximum absolute atomic E-state index is 12.1. The maximum atomic E-state index is 12.1. The average molecular weight is 285 g/mol. The van der Waals surface area contributed by atoms with Gasteiger partial charge >= 0.3 is 5.97 Å². The van der Waals surface area contributed by atoms with Crippen molar-refractivity contribution in [1.29, 1.82) is 0 Å². The van der Waals surface area contributed by atoms with E-state index in [9.17, 15) is 9.59 Å². The quantitative estimate of drug-likeness (QED) is 0.674. The van der Waals surface area contributed by atoms with E-state index in [1.54, 1.807) is 43.5 Å². The van der Waals surface area contributed by atoms with Crippen molar-refractivity contribution in [3.05, 3.63) is 65.2 Å². The molecule has 2 aromatic rings. The second-order valence-corrected chi connectivity index (χ2v) is 4.41. The standard InChI is InChI=1S/C16H15NO4/c1-20-10-11-4-2-6-13(8-11)16(19)21-14-7-3-5-12(9-14)15(17)18/h2-9H,10H2,1H3,(H2,17,18). The summed E-state index contributed by atoms with van der Waals surface area (Å²) in [6, 6.07) is 13.1. The molecule has 0 unspecified atom stereocenters. The molecular formula is C16H15NO4. The van der Waals surface area contributed by atoms with Crippen LogP contribution in [-0.2, 0) is 11.3 Å². The number of esters is 1. The third-order valence-corrected chi connectivity index (χ3v) is 2.80. The first-order valence-corrected chi connectivity index (χ1v) is 6.30. The largest absolute Gasteiger partial charge is 0.423 e. The highest BCUT2D eigenvalue weighted by Gasteiger charge is 2.10. The van der Waals surface area contributed by atoms with E-state index < -0.39 is 11.9 Å². The monoisotopic (exact) mass is 285 g/mol. The van der Waals surface area contributed by atoms with Crippen molar-refractivity contribution in [2.24, 2.45) is 5.73 Å². The van der Waals surface area contributed by atoms with Crippen molar-refractivity contribution in [3.63, 3.8) is 0 Å². The van der Waals surface area contributed by atoms with Crippen LogP contribution in [0, 0.1) is 0 Å². The zero-order valence-electron chi connectivity index (χ0n) is 11.5. The van der Waals surface area contributed by atoms with Gasteiger partial charge in [-0.2, -0.15) is 0 Å². The van der Waals surface area contributed by atoms with E-state index in [1.807, 2.05) is 6.07 Å². The second kappa shape index (κ2) is 6.67. The van der Waals surface area contributed by atoms with Gasteiger partial charge in [0.05, 0.1) is 12.2 Å². The van der Waals surface area contributed by atoms with Gasteiger partial charge in [0.1, 0.15) is 5.75 Å². The zero-order valence-corrected chi connectivity index (χ0v) is 11.5. The first kappa shape index (κ1) is 14.7. The minimum atomic E-state index is -0.574. The number of hydrogen-bond acceptors (Lipinski definition) is 4. The molecule has 0 aliphatic carbocycles. The first-order chi connectivity index (χ1) is 10.1. The fourth-order valence-electron chi connectivity index (χ4n) is 1.83. The molecular weight excluding hydrogens is 270 g/mol. The van der Waals surface area contributed by atoms with E-state index in [0.29, 0.717) is 12.2 Å². The summed E-state index contributed by atoms with van der Waals surface area (Å²) >= 11 is 0. The Bertz CT molecular complexity index is 667. The number of carbonyl (C=O) groups is 2. The Kier molecular flexibility index (Phi) is 4.68. The Balaban J connectivity index is 2.16. The molecule has 2 rings (SSSR count). The molecule has 0 radical (unpaired) electrons. The number of hydrogen-bond donors (Lipinski definition) is 1. The lowest BCUT2D eigenvalue weighted by Gasteiger charge is -2.06. The van der Waals surface area contributed by atoms with E-state index in [4.69, 9.17) is 15.2 Å². The molecule has 5 nitrogen and oxygen atoms in total. The number of ether oxygens (including phenoxy) is 2. The molecule has 0 bridgehead atoms. The van der Waals surface area contributed by atoms with Gasteiger partial charge in [0.2, 0.25) is 5.91 Å². The van der Waals surface area contributed by atoms with E-state index in [-0.39, 0.29) is 11.3 Å². The first-order valence-electron chi connectivity index (χ1n) is 6.30. The van der Waals surface area contributed by atoms with Gasteiger partial charge in [-0.15, -0.1) is 0 Å². The van der Waals surface area contributed by atoms with Crippen LogP contribution in [0.15, 0.2) is 48.5 Å². The van der Waals surface area contributed by atoms with Crippen LogP contribution in [0.25, 0.3) is 0 Å². The van der Waals surface area contributed by atoms with Gasteiger partial charge in [-0.1, -0.05) is 18.2 Å². The van der Waals surface area contributed by atoms with Crippen molar-refractivity contribution in [2.45, 2.75) is 6.61 Å². The van der Waals surface area contributed by atoms with E-state index in [2.05, 4.69) is 0 Å². The Morgan fingerprint density at radius 2 is 1.76 bits per heavy atom. The Morgan fingerprint density at radius 3 is 2.48 bits per heavy atom. The molecule has 2 N–H and O–H groups in total. The highest BCUT2D eigenvalue weighted by molar-refractivity contribution is 5.94. The maximum Gasteiger partial charge on any atom is 0.343 e. The van der Waals surface area contributed by atoms with Crippen LogP contribution >= 0.6 is 0 Å². The van der Waals surface area contributed by atoms with E-state index in [0.717, 1.165) is 5.56 Å². The fourth-order valence-corrected chi connectivity index (χ4v) is 1.83. The summed E-state index contributed by atoms with van der Waals surface area (Å²) in [6.45, 7) is 0.415. The highest BCUT2D eigenvalue weighted by atomic mass is 16.5. The summed E-state index contributed by atoms with van der Waals surface area (Å²) in [4.78, 5) is 23.2. The number of amides is 1. The molecule has 2 aromatic carbocycles. The molecule has 0 atom stereocenters. The van der Waals surface area contributed by atoms with Crippen LogP contribution in [0.3, 0.4) is 0 Å². The van der Waals surface area contributed by atoms with Crippen molar-refractivity contribution in [2.75, 3.05) is 7.11 Å².